The summed E-state index contributed by atoms with van der Waals surface area (Å²) in [6.45, 7) is 6.22. The van der Waals surface area contributed by atoms with Gasteiger partial charge in [0.25, 0.3) is 0 Å². The number of rotatable bonds is 4. The van der Waals surface area contributed by atoms with Crippen molar-refractivity contribution in [3.8, 4) is 0 Å². The van der Waals surface area contributed by atoms with E-state index in [0.717, 1.165) is 39.0 Å². The summed E-state index contributed by atoms with van der Waals surface area (Å²) in [5.41, 5.74) is 2.25. The molecule has 0 N–H and O–H groups in total. The van der Waals surface area contributed by atoms with Crippen LogP contribution in [0.15, 0.2) is 32.9 Å². The monoisotopic (exact) mass is 337 g/mol. The number of pyridine rings is 1. The number of nitrogens with zero attached hydrogens (tertiary/aromatic N) is 3. The molecule has 0 bridgehead atoms. The van der Waals surface area contributed by atoms with Gasteiger partial charge >= 0.3 is 0 Å². The fourth-order valence-corrected chi connectivity index (χ4v) is 3.34. The van der Waals surface area contributed by atoms with Gasteiger partial charge in [0.05, 0.1) is 0 Å². The van der Waals surface area contributed by atoms with E-state index in [2.05, 4.69) is 56.9 Å². The minimum Gasteiger partial charge on any atom is -0.246 e. The normalized spacial score (nSPS) is 10.7. The summed E-state index contributed by atoms with van der Waals surface area (Å²) < 4.78 is 0.831. The van der Waals surface area contributed by atoms with E-state index < -0.39 is 0 Å². The van der Waals surface area contributed by atoms with E-state index in [4.69, 9.17) is 0 Å². The molecule has 0 aromatic carbocycles. The van der Waals surface area contributed by atoms with Crippen LogP contribution in [0.1, 0.15) is 30.4 Å². The first-order valence-electron chi connectivity index (χ1n) is 6.23. The second-order valence-electron chi connectivity index (χ2n) is 4.42. The van der Waals surface area contributed by atoms with Gasteiger partial charge in [-0.15, -0.1) is 0 Å². The van der Waals surface area contributed by atoms with E-state index in [9.17, 15) is 0 Å². The maximum Gasteiger partial charge on any atom is 0.130 e. The lowest BCUT2D eigenvalue weighted by molar-refractivity contribution is 0.802. The van der Waals surface area contributed by atoms with Crippen molar-refractivity contribution in [3.63, 3.8) is 0 Å². The zero-order valence-electron chi connectivity index (χ0n) is 11.3. The van der Waals surface area contributed by atoms with Gasteiger partial charge in [0, 0.05) is 18.2 Å². The molecule has 2 aromatic rings. The zero-order chi connectivity index (χ0) is 13.8. The number of aryl methyl sites for hydroxylation is 3. The fourth-order valence-electron chi connectivity index (χ4n) is 1.79. The van der Waals surface area contributed by atoms with Crippen molar-refractivity contribution in [2.75, 3.05) is 0 Å². The van der Waals surface area contributed by atoms with Crippen molar-refractivity contribution in [3.05, 3.63) is 39.9 Å². The Kier molecular flexibility index (Phi) is 4.93. The van der Waals surface area contributed by atoms with Gasteiger partial charge in [-0.25, -0.2) is 15.0 Å². The van der Waals surface area contributed by atoms with Crippen LogP contribution in [0, 0.1) is 13.8 Å². The predicted octanol–water partition coefficient (Wildman–Crippen LogP) is 4.35. The number of hydrogen-bond acceptors (Lipinski definition) is 4. The molecule has 2 heterocycles. The predicted molar refractivity (Wildman–Crippen MR) is 81.6 cm³/mol. The first-order chi connectivity index (χ1) is 9.06. The average Bonchev–Trinajstić information content (AvgIpc) is 2.26. The van der Waals surface area contributed by atoms with E-state index in [1.165, 1.54) is 5.56 Å². The van der Waals surface area contributed by atoms with Crippen LogP contribution in [0.2, 0.25) is 0 Å². The van der Waals surface area contributed by atoms with Crippen LogP contribution < -0.4 is 0 Å². The van der Waals surface area contributed by atoms with Gasteiger partial charge in [-0.1, -0.05) is 6.92 Å². The Balaban J connectivity index is 2.27. The highest BCUT2D eigenvalue weighted by atomic mass is 79.9. The molecule has 100 valence electrons. The van der Waals surface area contributed by atoms with Crippen molar-refractivity contribution in [2.45, 2.75) is 43.7 Å². The largest absolute Gasteiger partial charge is 0.246 e. The molecule has 5 heteroatoms. The Bertz CT molecular complexity index is 567. The van der Waals surface area contributed by atoms with Gasteiger partial charge < -0.3 is 0 Å². The Morgan fingerprint density at radius 2 is 1.79 bits per heavy atom. The SMILES string of the molecule is CCCc1nc(Br)cc(Sc2cc(C)cc(C)n2)n1. The molecule has 0 fully saturated rings. The first kappa shape index (κ1) is 14.5. The smallest absolute Gasteiger partial charge is 0.130 e. The maximum absolute atomic E-state index is 4.56. The molecule has 0 saturated carbocycles. The van der Waals surface area contributed by atoms with Crippen molar-refractivity contribution in [1.82, 2.24) is 15.0 Å². The summed E-state index contributed by atoms with van der Waals surface area (Å²) in [7, 11) is 0. The second-order valence-corrected chi connectivity index (χ2v) is 6.27. The summed E-state index contributed by atoms with van der Waals surface area (Å²) in [5.74, 6) is 0.878. The lowest BCUT2D eigenvalue weighted by Crippen LogP contribution is -1.97. The Labute approximate surface area is 126 Å². The fraction of sp³-hybridized carbons (Fsp3) is 0.357. The van der Waals surface area contributed by atoms with Gasteiger partial charge in [0.2, 0.25) is 0 Å². The van der Waals surface area contributed by atoms with E-state index in [1.807, 2.05) is 13.0 Å². The molecule has 0 unspecified atom stereocenters. The van der Waals surface area contributed by atoms with Gasteiger partial charge in [-0.3, -0.25) is 0 Å². The molecule has 2 aromatic heterocycles. The van der Waals surface area contributed by atoms with Crippen molar-refractivity contribution in [1.29, 1.82) is 0 Å². The van der Waals surface area contributed by atoms with Crippen molar-refractivity contribution in [2.24, 2.45) is 0 Å². The maximum atomic E-state index is 4.56. The molecule has 0 atom stereocenters. The van der Waals surface area contributed by atoms with Crippen LogP contribution in [0.5, 0.6) is 0 Å². The molecule has 19 heavy (non-hydrogen) atoms. The van der Waals surface area contributed by atoms with E-state index in [0.29, 0.717) is 0 Å². The van der Waals surface area contributed by atoms with Gasteiger partial charge in [-0.2, -0.15) is 0 Å². The Morgan fingerprint density at radius 3 is 2.47 bits per heavy atom. The third kappa shape index (κ3) is 4.28. The summed E-state index contributed by atoms with van der Waals surface area (Å²) >= 11 is 5.02. The summed E-state index contributed by atoms with van der Waals surface area (Å²) in [4.78, 5) is 13.5. The van der Waals surface area contributed by atoms with Crippen LogP contribution in [0.4, 0.5) is 0 Å². The lowest BCUT2D eigenvalue weighted by atomic mass is 10.3. The number of hydrogen-bond donors (Lipinski definition) is 0. The van der Waals surface area contributed by atoms with E-state index >= 15 is 0 Å². The molecule has 0 aliphatic heterocycles. The van der Waals surface area contributed by atoms with Crippen molar-refractivity contribution < 1.29 is 0 Å². The highest BCUT2D eigenvalue weighted by Crippen LogP contribution is 2.27. The molecule has 0 radical (unpaired) electrons. The Hall–Kier alpha value is -0.940. The third-order valence-corrected chi connectivity index (χ3v) is 3.72. The summed E-state index contributed by atoms with van der Waals surface area (Å²) in [5, 5.41) is 1.91. The van der Waals surface area contributed by atoms with E-state index in [-0.39, 0.29) is 0 Å². The highest BCUT2D eigenvalue weighted by molar-refractivity contribution is 9.10. The third-order valence-electron chi connectivity index (χ3n) is 2.47. The lowest BCUT2D eigenvalue weighted by Gasteiger charge is -2.05. The molecule has 0 spiro atoms. The van der Waals surface area contributed by atoms with Gasteiger partial charge in [0.15, 0.2) is 0 Å². The van der Waals surface area contributed by atoms with Crippen LogP contribution >= 0.6 is 27.7 Å². The van der Waals surface area contributed by atoms with Gasteiger partial charge in [-0.05, 0) is 65.7 Å². The van der Waals surface area contributed by atoms with Crippen LogP contribution in [-0.4, -0.2) is 15.0 Å². The molecular weight excluding hydrogens is 322 g/mol. The molecule has 0 aliphatic carbocycles. The molecule has 0 saturated heterocycles. The topological polar surface area (TPSA) is 38.7 Å². The standard InChI is InChI=1S/C14H16BrN3S/c1-4-5-12-17-11(15)8-14(18-12)19-13-7-9(2)6-10(3)16-13/h6-8H,4-5H2,1-3H3. The Morgan fingerprint density at radius 1 is 1.05 bits per heavy atom. The molecule has 0 aliphatic rings. The minimum atomic E-state index is 0.831. The zero-order valence-corrected chi connectivity index (χ0v) is 13.7. The first-order valence-corrected chi connectivity index (χ1v) is 7.84. The molecule has 3 nitrogen and oxygen atoms in total. The average molecular weight is 338 g/mol. The molecular formula is C14H16BrN3S. The number of aromatic nitrogens is 3. The van der Waals surface area contributed by atoms with Crippen LogP contribution in [0.3, 0.4) is 0 Å². The van der Waals surface area contributed by atoms with Crippen molar-refractivity contribution >= 4 is 27.7 Å². The molecule has 2 rings (SSSR count). The van der Waals surface area contributed by atoms with Crippen LogP contribution in [-0.2, 0) is 6.42 Å². The molecule has 0 amide bonds. The van der Waals surface area contributed by atoms with E-state index in [1.54, 1.807) is 11.8 Å². The minimum absolute atomic E-state index is 0.831. The second kappa shape index (κ2) is 6.48. The van der Waals surface area contributed by atoms with Crippen LogP contribution in [0.25, 0.3) is 0 Å². The highest BCUT2D eigenvalue weighted by Gasteiger charge is 2.06. The summed E-state index contributed by atoms with van der Waals surface area (Å²) in [6.07, 6.45) is 1.94. The number of halogens is 1. The summed E-state index contributed by atoms with van der Waals surface area (Å²) in [6, 6.07) is 6.08. The van der Waals surface area contributed by atoms with Gasteiger partial charge in [0.1, 0.15) is 20.5 Å². The quantitative estimate of drug-likeness (QED) is 0.777.